The summed E-state index contributed by atoms with van der Waals surface area (Å²) in [5, 5.41) is 4.66. The fraction of sp³-hybridized carbons (Fsp3) is 0.300. The molecular formula is C10H10ClNO. The van der Waals surface area contributed by atoms with Gasteiger partial charge in [-0.3, -0.25) is 0 Å². The topological polar surface area (TPSA) is 21.6 Å². The zero-order valence-electron chi connectivity index (χ0n) is 7.33. The third-order valence-electron chi connectivity index (χ3n) is 2.23. The Morgan fingerprint density at radius 3 is 2.62 bits per heavy atom. The lowest BCUT2D eigenvalue weighted by Gasteiger charge is -2.07. The summed E-state index contributed by atoms with van der Waals surface area (Å²) in [6.45, 7) is 2.62. The second kappa shape index (κ2) is 3.38. The number of rotatable bonds is 1. The lowest BCUT2D eigenvalue weighted by molar-refractivity contribution is 0.166. The fourth-order valence-electron chi connectivity index (χ4n) is 1.43. The lowest BCUT2D eigenvalue weighted by Crippen LogP contribution is -2.07. The highest BCUT2D eigenvalue weighted by atomic mass is 35.5. The molecule has 1 aliphatic heterocycles. The number of hydrogen-bond donors (Lipinski definition) is 0. The van der Waals surface area contributed by atoms with Crippen molar-refractivity contribution in [3.8, 4) is 0 Å². The van der Waals surface area contributed by atoms with Gasteiger partial charge in [0.2, 0.25) is 0 Å². The molecule has 0 aromatic heterocycles. The van der Waals surface area contributed by atoms with Crippen LogP contribution in [0.25, 0.3) is 0 Å². The molecule has 1 aliphatic rings. The highest BCUT2D eigenvalue weighted by molar-refractivity contribution is 6.30. The second-order valence-corrected chi connectivity index (χ2v) is 3.57. The Labute approximate surface area is 82.2 Å². The summed E-state index contributed by atoms with van der Waals surface area (Å²) in [5.41, 5.74) is 2.24. The molecule has 0 saturated carbocycles. The number of nitrogens with zero attached hydrogens (tertiary/aromatic N) is 1. The molecule has 0 spiro atoms. The molecule has 0 radical (unpaired) electrons. The van der Waals surface area contributed by atoms with Gasteiger partial charge in [0, 0.05) is 5.02 Å². The van der Waals surface area contributed by atoms with Crippen molar-refractivity contribution >= 4 is 17.3 Å². The molecule has 2 rings (SSSR count). The molecule has 0 aliphatic carbocycles. The smallest absolute Gasteiger partial charge is 0.129 e. The summed E-state index contributed by atoms with van der Waals surface area (Å²) in [4.78, 5) is 5.01. The van der Waals surface area contributed by atoms with Gasteiger partial charge in [0.15, 0.2) is 0 Å². The van der Waals surface area contributed by atoms with Crippen LogP contribution in [-0.2, 0) is 4.84 Å². The molecule has 3 heteroatoms. The van der Waals surface area contributed by atoms with Gasteiger partial charge >= 0.3 is 0 Å². The standard InChI is InChI=1S/C10H10ClNO/c1-7-10(6-13-12-7)8-2-4-9(11)5-3-8/h2-5,10H,6H2,1H3. The predicted molar refractivity (Wildman–Crippen MR) is 53.3 cm³/mol. The van der Waals surface area contributed by atoms with Crippen LogP contribution in [0.15, 0.2) is 29.4 Å². The van der Waals surface area contributed by atoms with E-state index in [9.17, 15) is 0 Å². The van der Waals surface area contributed by atoms with Crippen molar-refractivity contribution < 1.29 is 4.84 Å². The van der Waals surface area contributed by atoms with Gasteiger partial charge in [-0.05, 0) is 24.6 Å². The molecule has 0 saturated heterocycles. The Balaban J connectivity index is 2.26. The number of hydrogen-bond acceptors (Lipinski definition) is 2. The molecule has 68 valence electrons. The SMILES string of the molecule is CC1=NOCC1c1ccc(Cl)cc1. The van der Waals surface area contributed by atoms with Crippen molar-refractivity contribution in [3.63, 3.8) is 0 Å². The van der Waals surface area contributed by atoms with Gasteiger partial charge in [-0.25, -0.2) is 0 Å². The highest BCUT2D eigenvalue weighted by Crippen LogP contribution is 2.23. The largest absolute Gasteiger partial charge is 0.395 e. The van der Waals surface area contributed by atoms with Crippen molar-refractivity contribution in [2.75, 3.05) is 6.61 Å². The summed E-state index contributed by atoms with van der Waals surface area (Å²) in [6, 6.07) is 7.81. The van der Waals surface area contributed by atoms with Crippen LogP contribution in [0.5, 0.6) is 0 Å². The zero-order valence-corrected chi connectivity index (χ0v) is 8.08. The minimum absolute atomic E-state index is 0.303. The van der Waals surface area contributed by atoms with E-state index in [1.54, 1.807) is 0 Å². The van der Waals surface area contributed by atoms with Crippen molar-refractivity contribution in [2.24, 2.45) is 5.16 Å². The van der Waals surface area contributed by atoms with E-state index < -0.39 is 0 Å². The van der Waals surface area contributed by atoms with E-state index in [-0.39, 0.29) is 0 Å². The van der Waals surface area contributed by atoms with Crippen LogP contribution in [0.3, 0.4) is 0 Å². The van der Waals surface area contributed by atoms with Crippen LogP contribution in [0.4, 0.5) is 0 Å². The van der Waals surface area contributed by atoms with Crippen molar-refractivity contribution in [2.45, 2.75) is 12.8 Å². The molecule has 0 bridgehead atoms. The van der Waals surface area contributed by atoms with E-state index in [4.69, 9.17) is 16.4 Å². The molecule has 2 nitrogen and oxygen atoms in total. The van der Waals surface area contributed by atoms with Crippen LogP contribution < -0.4 is 0 Å². The average Bonchev–Trinajstić information content (AvgIpc) is 2.53. The maximum atomic E-state index is 5.79. The van der Waals surface area contributed by atoms with Crippen molar-refractivity contribution in [3.05, 3.63) is 34.9 Å². The van der Waals surface area contributed by atoms with Gasteiger partial charge in [-0.2, -0.15) is 0 Å². The first-order chi connectivity index (χ1) is 6.27. The molecule has 13 heavy (non-hydrogen) atoms. The van der Waals surface area contributed by atoms with Gasteiger partial charge in [0.1, 0.15) is 6.61 Å². The minimum atomic E-state index is 0.303. The average molecular weight is 196 g/mol. The van der Waals surface area contributed by atoms with Gasteiger partial charge < -0.3 is 4.84 Å². The van der Waals surface area contributed by atoms with E-state index in [0.29, 0.717) is 12.5 Å². The summed E-state index contributed by atoms with van der Waals surface area (Å²) in [7, 11) is 0. The number of oxime groups is 1. The van der Waals surface area contributed by atoms with Crippen molar-refractivity contribution in [1.82, 2.24) is 0 Å². The quantitative estimate of drug-likeness (QED) is 0.675. The summed E-state index contributed by atoms with van der Waals surface area (Å²) in [6.07, 6.45) is 0. The maximum Gasteiger partial charge on any atom is 0.129 e. The summed E-state index contributed by atoms with van der Waals surface area (Å²) >= 11 is 5.79. The highest BCUT2D eigenvalue weighted by Gasteiger charge is 2.20. The maximum absolute atomic E-state index is 5.79. The predicted octanol–water partition coefficient (Wildman–Crippen LogP) is 2.83. The third-order valence-corrected chi connectivity index (χ3v) is 2.48. The van der Waals surface area contributed by atoms with E-state index in [1.807, 2.05) is 31.2 Å². The first-order valence-corrected chi connectivity index (χ1v) is 4.57. The monoisotopic (exact) mass is 195 g/mol. The van der Waals surface area contributed by atoms with E-state index in [1.165, 1.54) is 5.56 Å². The molecular weight excluding hydrogens is 186 g/mol. The molecule has 1 aromatic carbocycles. The van der Waals surface area contributed by atoms with Gasteiger partial charge in [-0.1, -0.05) is 28.9 Å². The minimum Gasteiger partial charge on any atom is -0.395 e. The van der Waals surface area contributed by atoms with E-state index in [0.717, 1.165) is 10.7 Å². The molecule has 0 N–H and O–H groups in total. The van der Waals surface area contributed by atoms with Crippen molar-refractivity contribution in [1.29, 1.82) is 0 Å². The fourth-order valence-corrected chi connectivity index (χ4v) is 1.56. The Morgan fingerprint density at radius 2 is 2.08 bits per heavy atom. The molecule has 1 atom stereocenters. The molecule has 1 aromatic rings. The molecule has 1 heterocycles. The Morgan fingerprint density at radius 1 is 1.38 bits per heavy atom. The first-order valence-electron chi connectivity index (χ1n) is 4.19. The number of benzene rings is 1. The van der Waals surface area contributed by atoms with Crippen LogP contribution in [0.2, 0.25) is 5.02 Å². The Bertz CT molecular complexity index is 331. The normalized spacial score (nSPS) is 21.1. The van der Waals surface area contributed by atoms with Crippen LogP contribution in [-0.4, -0.2) is 12.3 Å². The Kier molecular flexibility index (Phi) is 2.23. The first kappa shape index (κ1) is 8.57. The summed E-state index contributed by atoms with van der Waals surface area (Å²) in [5.74, 6) is 0.303. The van der Waals surface area contributed by atoms with Gasteiger partial charge in [0.25, 0.3) is 0 Å². The van der Waals surface area contributed by atoms with Gasteiger partial charge in [0.05, 0.1) is 11.6 Å². The molecule has 0 amide bonds. The number of halogens is 1. The second-order valence-electron chi connectivity index (χ2n) is 3.13. The zero-order chi connectivity index (χ0) is 9.26. The van der Waals surface area contributed by atoms with E-state index >= 15 is 0 Å². The lowest BCUT2D eigenvalue weighted by atomic mass is 9.96. The molecule has 0 fully saturated rings. The van der Waals surface area contributed by atoms with Crippen LogP contribution >= 0.6 is 11.6 Å². The summed E-state index contributed by atoms with van der Waals surface area (Å²) < 4.78 is 0. The van der Waals surface area contributed by atoms with Crippen LogP contribution in [0, 0.1) is 0 Å². The van der Waals surface area contributed by atoms with Gasteiger partial charge in [-0.15, -0.1) is 0 Å². The molecule has 1 unspecified atom stereocenters. The Hall–Kier alpha value is -1.02. The third kappa shape index (κ3) is 1.68. The van der Waals surface area contributed by atoms with E-state index in [2.05, 4.69) is 5.16 Å². The van der Waals surface area contributed by atoms with Crippen LogP contribution in [0.1, 0.15) is 18.4 Å².